The van der Waals surface area contributed by atoms with E-state index in [-0.39, 0.29) is 0 Å². The van der Waals surface area contributed by atoms with Crippen LogP contribution < -0.4 is 4.90 Å². The molecule has 3 aromatic heterocycles. The largest absolute Gasteiger partial charge is 0.443 e. The lowest BCUT2D eigenvalue weighted by Gasteiger charge is -2.26. The number of carbonyl (C=O) groups excluding carboxylic acids is 1. The number of nitrogens with zero attached hydrogens (tertiary/aromatic N) is 4. The van der Waals surface area contributed by atoms with Crippen LogP contribution in [0.2, 0.25) is 0 Å². The van der Waals surface area contributed by atoms with Gasteiger partial charge in [0.2, 0.25) is 0 Å². The number of pyridine rings is 3. The topological polar surface area (TPSA) is 88.4 Å². The molecule has 0 saturated heterocycles. The van der Waals surface area contributed by atoms with Crippen molar-refractivity contribution < 1.29 is 14.6 Å². The number of aromatic nitrogens is 3. The van der Waals surface area contributed by atoms with E-state index in [1.165, 1.54) is 4.90 Å². The van der Waals surface area contributed by atoms with Gasteiger partial charge in [0.1, 0.15) is 11.4 Å². The monoisotopic (exact) mass is 422 g/mol. The molecule has 0 bridgehead atoms. The second-order valence-electron chi connectivity index (χ2n) is 8.53. The molecule has 0 spiro atoms. The van der Waals surface area contributed by atoms with Crippen LogP contribution in [0.15, 0.2) is 36.8 Å². The van der Waals surface area contributed by atoms with E-state index >= 15 is 0 Å². The van der Waals surface area contributed by atoms with Crippen LogP contribution in [0.5, 0.6) is 0 Å². The third-order valence-electron chi connectivity index (χ3n) is 4.93. The number of carbonyl (C=O) groups is 1. The Kier molecular flexibility index (Phi) is 6.55. The predicted octanol–water partition coefficient (Wildman–Crippen LogP) is 5.21. The third kappa shape index (κ3) is 5.17. The third-order valence-corrected chi connectivity index (χ3v) is 4.93. The minimum atomic E-state index is -0.577. The van der Waals surface area contributed by atoms with Gasteiger partial charge in [0.25, 0.3) is 0 Å². The Bertz CT molecular complexity index is 1090. The normalized spacial score (nSPS) is 12.6. The smallest absolute Gasteiger partial charge is 0.415 e. The summed E-state index contributed by atoms with van der Waals surface area (Å²) in [6.07, 6.45) is 4.88. The molecule has 3 heterocycles. The van der Waals surface area contributed by atoms with Crippen LogP contribution in [0.3, 0.4) is 0 Å². The first-order chi connectivity index (χ1) is 14.6. The fraction of sp³-hybridized carbons (Fsp3) is 0.417. The second-order valence-corrected chi connectivity index (χ2v) is 8.53. The summed E-state index contributed by atoms with van der Waals surface area (Å²) in [5.41, 5.74) is 2.77. The van der Waals surface area contributed by atoms with Gasteiger partial charge in [0.05, 0.1) is 17.5 Å². The van der Waals surface area contributed by atoms with Gasteiger partial charge in [-0.15, -0.1) is 0 Å². The van der Waals surface area contributed by atoms with E-state index in [2.05, 4.69) is 15.0 Å². The fourth-order valence-electron chi connectivity index (χ4n) is 3.26. The van der Waals surface area contributed by atoms with Crippen LogP contribution in [-0.2, 0) is 4.74 Å². The average molecular weight is 423 g/mol. The summed E-state index contributed by atoms with van der Waals surface area (Å²) in [7, 11) is 0. The van der Waals surface area contributed by atoms with Crippen molar-refractivity contribution in [2.45, 2.75) is 59.7 Å². The Labute approximate surface area is 183 Å². The van der Waals surface area contributed by atoms with Crippen LogP contribution in [0.1, 0.15) is 58.4 Å². The van der Waals surface area contributed by atoms with Crippen LogP contribution in [-0.4, -0.2) is 38.3 Å². The molecule has 0 aliphatic heterocycles. The number of ether oxygens (including phenoxy) is 1. The number of aliphatic hydroxyl groups excluding tert-OH is 1. The number of hydrogen-bond acceptors (Lipinski definition) is 6. The highest BCUT2D eigenvalue weighted by Crippen LogP contribution is 2.28. The number of fused-ring (bicyclic) bond motifs is 1. The molecular weight excluding hydrogens is 392 g/mol. The molecule has 0 aliphatic carbocycles. The maximum Gasteiger partial charge on any atom is 0.415 e. The highest BCUT2D eigenvalue weighted by molar-refractivity contribution is 5.91. The Morgan fingerprint density at radius 1 is 1.06 bits per heavy atom. The maximum absolute atomic E-state index is 12.5. The van der Waals surface area contributed by atoms with Crippen molar-refractivity contribution in [3.05, 3.63) is 48.0 Å². The molecule has 7 heteroatoms. The Morgan fingerprint density at radius 3 is 2.35 bits per heavy atom. The molecule has 31 heavy (non-hydrogen) atoms. The van der Waals surface area contributed by atoms with Gasteiger partial charge in [0, 0.05) is 41.5 Å². The molecule has 1 amide bonds. The van der Waals surface area contributed by atoms with E-state index in [0.29, 0.717) is 24.5 Å². The lowest BCUT2D eigenvalue weighted by atomic mass is 10.0. The van der Waals surface area contributed by atoms with E-state index in [0.717, 1.165) is 27.6 Å². The van der Waals surface area contributed by atoms with E-state index in [1.807, 2.05) is 59.7 Å². The summed E-state index contributed by atoms with van der Waals surface area (Å²) in [5, 5.41) is 11.8. The highest BCUT2D eigenvalue weighted by atomic mass is 16.6. The maximum atomic E-state index is 12.5. The quantitative estimate of drug-likeness (QED) is 0.607. The van der Waals surface area contributed by atoms with Crippen molar-refractivity contribution >= 4 is 22.7 Å². The van der Waals surface area contributed by atoms with Crippen LogP contribution >= 0.6 is 0 Å². The average Bonchev–Trinajstić information content (AvgIpc) is 2.72. The Balaban J connectivity index is 1.92. The minimum absolute atomic E-state index is 0.428. The van der Waals surface area contributed by atoms with Crippen molar-refractivity contribution in [1.82, 2.24) is 15.0 Å². The molecule has 0 aliphatic rings. The van der Waals surface area contributed by atoms with Crippen LogP contribution in [0.4, 0.5) is 10.6 Å². The number of aryl methyl sites for hydroxylation is 1. The first-order valence-electron chi connectivity index (χ1n) is 10.5. The summed E-state index contributed by atoms with van der Waals surface area (Å²) < 4.78 is 5.49. The van der Waals surface area contributed by atoms with Gasteiger partial charge in [-0.25, -0.2) is 9.78 Å². The van der Waals surface area contributed by atoms with Crippen molar-refractivity contribution in [3.8, 4) is 11.3 Å². The van der Waals surface area contributed by atoms with Crippen molar-refractivity contribution in [1.29, 1.82) is 0 Å². The van der Waals surface area contributed by atoms with Crippen molar-refractivity contribution in [3.63, 3.8) is 0 Å². The minimum Gasteiger partial charge on any atom is -0.443 e. The zero-order valence-electron chi connectivity index (χ0n) is 19.0. The van der Waals surface area contributed by atoms with Gasteiger partial charge in [-0.3, -0.25) is 14.9 Å². The molecule has 1 atom stereocenters. The molecule has 3 aromatic rings. The number of aliphatic hydroxyl groups is 1. The van der Waals surface area contributed by atoms with E-state index in [9.17, 15) is 9.90 Å². The van der Waals surface area contributed by atoms with Gasteiger partial charge in [-0.05, 0) is 64.8 Å². The lowest BCUT2D eigenvalue weighted by Crippen LogP contribution is -2.37. The summed E-state index contributed by atoms with van der Waals surface area (Å²) in [4.78, 5) is 27.5. The molecule has 7 nitrogen and oxygen atoms in total. The fourth-order valence-corrected chi connectivity index (χ4v) is 3.26. The second kappa shape index (κ2) is 8.98. The molecule has 0 saturated carbocycles. The van der Waals surface area contributed by atoms with Gasteiger partial charge in [-0.1, -0.05) is 6.92 Å². The van der Waals surface area contributed by atoms with Crippen LogP contribution in [0, 0.1) is 6.92 Å². The van der Waals surface area contributed by atoms with E-state index in [4.69, 9.17) is 4.74 Å². The molecule has 3 rings (SSSR count). The van der Waals surface area contributed by atoms with Crippen LogP contribution in [0.25, 0.3) is 22.0 Å². The summed E-state index contributed by atoms with van der Waals surface area (Å²) in [5.74, 6) is 0.523. The summed E-state index contributed by atoms with van der Waals surface area (Å²) in [6, 6.07) is 5.69. The first-order valence-corrected chi connectivity index (χ1v) is 10.5. The number of rotatable bonds is 5. The van der Waals surface area contributed by atoms with Crippen molar-refractivity contribution in [2.75, 3.05) is 11.4 Å². The zero-order chi connectivity index (χ0) is 22.8. The van der Waals surface area contributed by atoms with Gasteiger partial charge in [-0.2, -0.15) is 0 Å². The Hall–Kier alpha value is -3.06. The molecule has 0 aromatic carbocycles. The number of hydrogen-bond donors (Lipinski definition) is 1. The standard InChI is InChI=1S/C24H30N4O3/c1-7-21(29)20-9-15(3)18(14-26-20)19-10-16-13-27-22(11-17(16)12-25-19)28(8-2)23(30)31-24(4,5)6/h9-14,21,29H,7-8H2,1-6H3. The molecule has 0 radical (unpaired) electrons. The summed E-state index contributed by atoms with van der Waals surface area (Å²) >= 11 is 0. The molecule has 1 unspecified atom stereocenters. The molecule has 164 valence electrons. The molecular formula is C24H30N4O3. The highest BCUT2D eigenvalue weighted by Gasteiger charge is 2.23. The van der Waals surface area contributed by atoms with E-state index in [1.54, 1.807) is 18.6 Å². The number of amides is 1. The molecule has 0 fully saturated rings. The zero-order valence-corrected chi connectivity index (χ0v) is 19.0. The van der Waals surface area contributed by atoms with Gasteiger partial charge in [0.15, 0.2) is 0 Å². The summed E-state index contributed by atoms with van der Waals surface area (Å²) in [6.45, 7) is 11.7. The van der Waals surface area contributed by atoms with Gasteiger partial charge >= 0.3 is 6.09 Å². The van der Waals surface area contributed by atoms with Gasteiger partial charge < -0.3 is 9.84 Å². The Morgan fingerprint density at radius 2 is 1.74 bits per heavy atom. The SMILES string of the molecule is CCC(O)c1cc(C)c(-c2cc3cnc(N(CC)C(=O)OC(C)(C)C)cc3cn2)cn1. The molecule has 1 N–H and O–H groups in total. The lowest BCUT2D eigenvalue weighted by molar-refractivity contribution is 0.0581. The number of anilines is 1. The van der Waals surface area contributed by atoms with Crippen molar-refractivity contribution in [2.24, 2.45) is 0 Å². The van der Waals surface area contributed by atoms with E-state index < -0.39 is 17.8 Å². The predicted molar refractivity (Wildman–Crippen MR) is 122 cm³/mol. The first kappa shape index (κ1) is 22.6.